The molecule has 0 saturated heterocycles. The van der Waals surface area contributed by atoms with Gasteiger partial charge in [0.25, 0.3) is 0 Å². The van der Waals surface area contributed by atoms with Gasteiger partial charge in [-0.3, -0.25) is 0 Å². The summed E-state index contributed by atoms with van der Waals surface area (Å²) in [7, 11) is 3.09. The Kier molecular flexibility index (Phi) is 3.96. The van der Waals surface area contributed by atoms with Crippen LogP contribution in [0.1, 0.15) is 11.1 Å². The molecule has 2 aliphatic heterocycles. The molecule has 0 bridgehead atoms. The van der Waals surface area contributed by atoms with E-state index in [0.717, 1.165) is 5.56 Å². The number of carbonyl (C=O) groups excluding carboxylic acids is 1. The number of ether oxygens (including phenoxy) is 5. The van der Waals surface area contributed by atoms with E-state index in [1.54, 1.807) is 43.5 Å². The SMILES string of the molecule is COc1ccc(C2=N/C(=C\c3ccc4c(c3)OCO4)C(=O)O2)cc1OC. The number of benzene rings is 2. The lowest BCUT2D eigenvalue weighted by Gasteiger charge is -2.08. The molecule has 0 aliphatic carbocycles. The van der Waals surface area contributed by atoms with Crippen molar-refractivity contribution in [2.75, 3.05) is 21.0 Å². The zero-order valence-electron chi connectivity index (χ0n) is 14.1. The van der Waals surface area contributed by atoms with Gasteiger partial charge in [0.05, 0.1) is 14.2 Å². The third-order valence-corrected chi connectivity index (χ3v) is 3.95. The number of nitrogens with zero attached hydrogens (tertiary/aromatic N) is 1. The van der Waals surface area contributed by atoms with Crippen LogP contribution in [0.15, 0.2) is 47.1 Å². The number of carbonyl (C=O) groups is 1. The lowest BCUT2D eigenvalue weighted by Crippen LogP contribution is -2.05. The van der Waals surface area contributed by atoms with Crippen LogP contribution >= 0.6 is 0 Å². The number of fused-ring (bicyclic) bond motifs is 1. The van der Waals surface area contributed by atoms with Gasteiger partial charge in [-0.15, -0.1) is 0 Å². The Labute approximate surface area is 149 Å². The summed E-state index contributed by atoms with van der Waals surface area (Å²) in [6.45, 7) is 0.193. The number of hydrogen-bond donors (Lipinski definition) is 0. The van der Waals surface area contributed by atoms with Gasteiger partial charge in [0.2, 0.25) is 12.7 Å². The van der Waals surface area contributed by atoms with E-state index >= 15 is 0 Å². The van der Waals surface area contributed by atoms with Crippen molar-refractivity contribution in [1.82, 2.24) is 0 Å². The number of esters is 1. The molecule has 2 aromatic rings. The predicted octanol–water partition coefficient (Wildman–Crippen LogP) is 2.78. The molecule has 7 nitrogen and oxygen atoms in total. The molecule has 0 saturated carbocycles. The Morgan fingerprint density at radius 2 is 1.81 bits per heavy atom. The minimum absolute atomic E-state index is 0.193. The lowest BCUT2D eigenvalue weighted by atomic mass is 10.1. The van der Waals surface area contributed by atoms with E-state index in [4.69, 9.17) is 23.7 Å². The third kappa shape index (κ3) is 2.83. The first-order valence-corrected chi connectivity index (χ1v) is 7.82. The molecule has 26 heavy (non-hydrogen) atoms. The Hall–Kier alpha value is -3.48. The van der Waals surface area contributed by atoms with Crippen molar-refractivity contribution in [1.29, 1.82) is 0 Å². The Morgan fingerprint density at radius 1 is 1.00 bits per heavy atom. The van der Waals surface area contributed by atoms with Gasteiger partial charge in [0.15, 0.2) is 28.7 Å². The molecule has 0 atom stereocenters. The van der Waals surface area contributed by atoms with Crippen molar-refractivity contribution in [3.63, 3.8) is 0 Å². The molecule has 0 amide bonds. The first kappa shape index (κ1) is 16.0. The van der Waals surface area contributed by atoms with Gasteiger partial charge in [-0.05, 0) is 42.0 Å². The highest BCUT2D eigenvalue weighted by Gasteiger charge is 2.25. The average molecular weight is 353 g/mol. The maximum absolute atomic E-state index is 12.2. The topological polar surface area (TPSA) is 75.6 Å². The minimum Gasteiger partial charge on any atom is -0.493 e. The van der Waals surface area contributed by atoms with E-state index in [-0.39, 0.29) is 18.4 Å². The van der Waals surface area contributed by atoms with Crippen molar-refractivity contribution in [2.45, 2.75) is 0 Å². The average Bonchev–Trinajstić information content (AvgIpc) is 3.27. The number of aliphatic imine (C=N–C) groups is 1. The molecular formula is C19H15NO6. The second kappa shape index (κ2) is 6.44. The van der Waals surface area contributed by atoms with Crippen molar-refractivity contribution in [3.8, 4) is 23.0 Å². The minimum atomic E-state index is -0.521. The fourth-order valence-corrected chi connectivity index (χ4v) is 2.66. The van der Waals surface area contributed by atoms with Gasteiger partial charge in [0, 0.05) is 5.56 Å². The molecule has 7 heteroatoms. The molecule has 2 aromatic carbocycles. The number of methoxy groups -OCH3 is 2. The van der Waals surface area contributed by atoms with Crippen LogP contribution in [0.3, 0.4) is 0 Å². The van der Waals surface area contributed by atoms with Crippen LogP contribution in [0.25, 0.3) is 6.08 Å². The van der Waals surface area contributed by atoms with E-state index in [1.807, 2.05) is 6.07 Å². The quantitative estimate of drug-likeness (QED) is 0.621. The van der Waals surface area contributed by atoms with Crippen LogP contribution in [0, 0.1) is 0 Å². The van der Waals surface area contributed by atoms with Gasteiger partial charge >= 0.3 is 5.97 Å². The molecule has 4 rings (SSSR count). The molecule has 2 aliphatic rings. The summed E-state index contributed by atoms with van der Waals surface area (Å²) in [5.41, 5.74) is 1.58. The summed E-state index contributed by atoms with van der Waals surface area (Å²) in [5.74, 6) is 2.11. The summed E-state index contributed by atoms with van der Waals surface area (Å²) in [4.78, 5) is 16.5. The van der Waals surface area contributed by atoms with Crippen molar-refractivity contribution in [3.05, 3.63) is 53.2 Å². The highest BCUT2D eigenvalue weighted by Crippen LogP contribution is 2.34. The highest BCUT2D eigenvalue weighted by molar-refractivity contribution is 6.13. The normalized spacial score (nSPS) is 16.5. The fraction of sp³-hybridized carbons (Fsp3) is 0.158. The van der Waals surface area contributed by atoms with E-state index in [2.05, 4.69) is 4.99 Å². The standard InChI is InChI=1S/C19H15NO6/c1-22-14-6-4-12(9-16(14)23-2)18-20-13(19(21)26-18)7-11-3-5-15-17(8-11)25-10-24-15/h3-9H,10H2,1-2H3/b13-7-. The monoisotopic (exact) mass is 353 g/mol. The second-order valence-corrected chi connectivity index (χ2v) is 5.52. The van der Waals surface area contributed by atoms with Crippen molar-refractivity contribution < 1.29 is 28.5 Å². The fourth-order valence-electron chi connectivity index (χ4n) is 2.66. The van der Waals surface area contributed by atoms with Gasteiger partial charge in [-0.25, -0.2) is 9.79 Å². The summed E-state index contributed by atoms with van der Waals surface area (Å²) in [6, 6.07) is 10.6. The first-order valence-electron chi connectivity index (χ1n) is 7.82. The second-order valence-electron chi connectivity index (χ2n) is 5.52. The smallest absolute Gasteiger partial charge is 0.363 e. The molecule has 0 N–H and O–H groups in total. The van der Waals surface area contributed by atoms with E-state index in [9.17, 15) is 4.79 Å². The summed E-state index contributed by atoms with van der Waals surface area (Å²) >= 11 is 0. The zero-order valence-corrected chi connectivity index (χ0v) is 14.1. The molecule has 0 aromatic heterocycles. The van der Waals surface area contributed by atoms with E-state index in [0.29, 0.717) is 28.6 Å². The highest BCUT2D eigenvalue weighted by atomic mass is 16.7. The van der Waals surface area contributed by atoms with Crippen LogP contribution in [0.2, 0.25) is 0 Å². The van der Waals surface area contributed by atoms with Crippen LogP contribution in [0.4, 0.5) is 0 Å². The lowest BCUT2D eigenvalue weighted by molar-refractivity contribution is -0.129. The number of rotatable bonds is 4. The third-order valence-electron chi connectivity index (χ3n) is 3.95. The van der Waals surface area contributed by atoms with Crippen molar-refractivity contribution >= 4 is 17.9 Å². The number of cyclic esters (lactones) is 1. The number of hydrogen-bond acceptors (Lipinski definition) is 7. The largest absolute Gasteiger partial charge is 0.493 e. The molecule has 2 heterocycles. The summed E-state index contributed by atoms with van der Waals surface area (Å²) in [5, 5.41) is 0. The van der Waals surface area contributed by atoms with Crippen LogP contribution < -0.4 is 18.9 Å². The van der Waals surface area contributed by atoms with Gasteiger partial charge in [0.1, 0.15) is 0 Å². The van der Waals surface area contributed by atoms with Crippen LogP contribution in [-0.2, 0) is 9.53 Å². The molecule has 0 unspecified atom stereocenters. The Morgan fingerprint density at radius 3 is 2.62 bits per heavy atom. The Balaban J connectivity index is 1.65. The van der Waals surface area contributed by atoms with Crippen molar-refractivity contribution in [2.24, 2.45) is 4.99 Å². The zero-order chi connectivity index (χ0) is 18.1. The molecule has 132 valence electrons. The van der Waals surface area contributed by atoms with Crippen LogP contribution in [0.5, 0.6) is 23.0 Å². The molecule has 0 fully saturated rings. The summed E-state index contributed by atoms with van der Waals surface area (Å²) in [6.07, 6.45) is 1.64. The van der Waals surface area contributed by atoms with E-state index in [1.165, 1.54) is 7.11 Å². The summed E-state index contributed by atoms with van der Waals surface area (Å²) < 4.78 is 26.4. The molecular weight excluding hydrogens is 338 g/mol. The van der Waals surface area contributed by atoms with Gasteiger partial charge < -0.3 is 23.7 Å². The molecule has 0 spiro atoms. The maximum atomic E-state index is 12.2. The van der Waals surface area contributed by atoms with Gasteiger partial charge in [-0.2, -0.15) is 0 Å². The molecule has 0 radical (unpaired) electrons. The first-order chi connectivity index (χ1) is 12.7. The predicted molar refractivity (Wildman–Crippen MR) is 92.7 cm³/mol. The Bertz CT molecular complexity index is 947. The van der Waals surface area contributed by atoms with Crippen LogP contribution in [-0.4, -0.2) is 32.9 Å². The van der Waals surface area contributed by atoms with E-state index < -0.39 is 5.97 Å². The van der Waals surface area contributed by atoms with Gasteiger partial charge in [-0.1, -0.05) is 6.07 Å². The maximum Gasteiger partial charge on any atom is 0.363 e.